The Bertz CT molecular complexity index is 649. The summed E-state index contributed by atoms with van der Waals surface area (Å²) in [6.45, 7) is 7.34. The summed E-state index contributed by atoms with van der Waals surface area (Å²) in [6, 6.07) is 21.2. The van der Waals surface area contributed by atoms with E-state index in [4.69, 9.17) is 4.43 Å². The van der Waals surface area contributed by atoms with E-state index in [0.717, 1.165) is 12.8 Å². The minimum Gasteiger partial charge on any atom is -0.407 e. The summed E-state index contributed by atoms with van der Waals surface area (Å²) < 4.78 is 6.76. The fraction of sp³-hybridized carbons (Fsp3) is 0.381. The molecule has 1 aliphatic carbocycles. The van der Waals surface area contributed by atoms with Crippen LogP contribution in [0.2, 0.25) is 5.04 Å². The summed E-state index contributed by atoms with van der Waals surface area (Å²) in [5, 5.41) is 2.52. The van der Waals surface area contributed by atoms with E-state index in [1.807, 2.05) is 12.1 Å². The number of ketones is 1. The largest absolute Gasteiger partial charge is 0.407 e. The maximum absolute atomic E-state index is 11.8. The lowest BCUT2D eigenvalue weighted by Crippen LogP contribution is -2.67. The summed E-state index contributed by atoms with van der Waals surface area (Å²) in [7, 11) is -2.48. The summed E-state index contributed by atoms with van der Waals surface area (Å²) in [5.41, 5.74) is 0. The van der Waals surface area contributed by atoms with Crippen molar-refractivity contribution >= 4 is 24.5 Å². The Hall–Kier alpha value is -1.71. The van der Waals surface area contributed by atoms with E-state index >= 15 is 0 Å². The van der Waals surface area contributed by atoms with E-state index in [9.17, 15) is 4.79 Å². The summed E-state index contributed by atoms with van der Waals surface area (Å²) >= 11 is 0. The molecule has 3 heteroatoms. The van der Waals surface area contributed by atoms with Gasteiger partial charge in [0, 0.05) is 18.9 Å². The number of hydrogen-bond acceptors (Lipinski definition) is 2. The number of Topliss-reactive ketones (excluding diaryl/α,β-unsaturated/α-hetero) is 1. The number of hydrogen-bond donors (Lipinski definition) is 0. The minimum absolute atomic E-state index is 0.0253. The van der Waals surface area contributed by atoms with Gasteiger partial charge in [0.25, 0.3) is 8.32 Å². The Morgan fingerprint density at radius 2 is 1.46 bits per heavy atom. The van der Waals surface area contributed by atoms with Crippen molar-refractivity contribution in [3.8, 4) is 0 Å². The third kappa shape index (κ3) is 2.98. The van der Waals surface area contributed by atoms with Crippen molar-refractivity contribution in [2.24, 2.45) is 5.92 Å². The van der Waals surface area contributed by atoms with Gasteiger partial charge in [-0.25, -0.2) is 0 Å². The van der Waals surface area contributed by atoms with E-state index in [0.29, 0.717) is 12.4 Å². The molecule has 3 rings (SSSR count). The number of carbonyl (C=O) groups is 1. The van der Waals surface area contributed by atoms with Crippen molar-refractivity contribution < 1.29 is 9.22 Å². The average Bonchev–Trinajstić information content (AvgIpc) is 2.58. The second-order valence-electron chi connectivity index (χ2n) is 7.68. The first-order valence-electron chi connectivity index (χ1n) is 8.73. The van der Waals surface area contributed by atoms with Crippen molar-refractivity contribution in [1.82, 2.24) is 0 Å². The second-order valence-corrected chi connectivity index (χ2v) is 12.0. The molecule has 2 aromatic carbocycles. The highest BCUT2D eigenvalue weighted by Gasteiger charge is 2.50. The van der Waals surface area contributed by atoms with Crippen LogP contribution < -0.4 is 10.4 Å². The fourth-order valence-corrected chi connectivity index (χ4v) is 8.24. The standard InChI is InChI=1S/C21H26O2Si/c1-21(2,3)24(18-10-6-4-7-11-18,19-12-8-5-9-13-19)23-16-17-14-15-20(17)22/h4-13,17H,14-16H2,1-3H3/t17-/m1/s1. The zero-order valence-corrected chi connectivity index (χ0v) is 15.8. The highest BCUT2D eigenvalue weighted by molar-refractivity contribution is 6.99. The number of rotatable bonds is 5. The van der Waals surface area contributed by atoms with E-state index in [2.05, 4.69) is 69.3 Å². The quantitative estimate of drug-likeness (QED) is 0.780. The van der Waals surface area contributed by atoms with Crippen LogP contribution in [0.4, 0.5) is 0 Å². The highest BCUT2D eigenvalue weighted by atomic mass is 28.4. The fourth-order valence-electron chi connectivity index (χ4n) is 3.63. The molecule has 0 radical (unpaired) electrons. The Morgan fingerprint density at radius 3 is 1.79 bits per heavy atom. The molecular weight excluding hydrogens is 312 g/mol. The van der Waals surface area contributed by atoms with Gasteiger partial charge in [0.2, 0.25) is 0 Å². The monoisotopic (exact) mass is 338 g/mol. The Kier molecular flexibility index (Phi) is 4.75. The molecule has 0 saturated heterocycles. The molecule has 24 heavy (non-hydrogen) atoms. The van der Waals surface area contributed by atoms with Crippen LogP contribution in [0.25, 0.3) is 0 Å². The van der Waals surface area contributed by atoms with Gasteiger partial charge in [-0.1, -0.05) is 81.4 Å². The number of benzene rings is 2. The first-order valence-corrected chi connectivity index (χ1v) is 10.6. The molecular formula is C21H26O2Si. The van der Waals surface area contributed by atoms with E-state index in [1.165, 1.54) is 10.4 Å². The van der Waals surface area contributed by atoms with Gasteiger partial charge in [-0.2, -0.15) is 0 Å². The predicted octanol–water partition coefficient (Wildman–Crippen LogP) is 3.54. The molecule has 0 N–H and O–H groups in total. The molecule has 1 fully saturated rings. The molecule has 0 spiro atoms. The van der Waals surface area contributed by atoms with Crippen LogP contribution in [-0.2, 0) is 9.22 Å². The van der Waals surface area contributed by atoms with Crippen molar-refractivity contribution in [2.45, 2.75) is 38.7 Å². The van der Waals surface area contributed by atoms with Crippen LogP contribution >= 0.6 is 0 Å². The zero-order chi connectivity index (χ0) is 17.2. The van der Waals surface area contributed by atoms with Crippen LogP contribution in [0.3, 0.4) is 0 Å². The van der Waals surface area contributed by atoms with Crippen LogP contribution in [0.15, 0.2) is 60.7 Å². The summed E-state index contributed by atoms with van der Waals surface area (Å²) in [6.07, 6.45) is 1.69. The molecule has 0 aromatic heterocycles. The van der Waals surface area contributed by atoms with Gasteiger partial charge in [-0.05, 0) is 21.8 Å². The first kappa shape index (κ1) is 17.1. The first-order chi connectivity index (χ1) is 11.4. The van der Waals surface area contributed by atoms with Crippen molar-refractivity contribution in [3.05, 3.63) is 60.7 Å². The topological polar surface area (TPSA) is 26.3 Å². The lowest BCUT2D eigenvalue weighted by atomic mass is 9.85. The molecule has 0 bridgehead atoms. The van der Waals surface area contributed by atoms with Crippen molar-refractivity contribution in [2.75, 3.05) is 6.61 Å². The lowest BCUT2D eigenvalue weighted by molar-refractivity contribution is -0.130. The molecule has 2 nitrogen and oxygen atoms in total. The Balaban J connectivity index is 2.08. The molecule has 1 atom stereocenters. The Morgan fingerprint density at radius 1 is 0.958 bits per heavy atom. The smallest absolute Gasteiger partial charge is 0.261 e. The van der Waals surface area contributed by atoms with E-state index < -0.39 is 8.32 Å². The molecule has 1 aliphatic rings. The zero-order valence-electron chi connectivity index (χ0n) is 14.8. The van der Waals surface area contributed by atoms with Gasteiger partial charge >= 0.3 is 0 Å². The third-order valence-electron chi connectivity index (χ3n) is 5.11. The summed E-state index contributed by atoms with van der Waals surface area (Å²) in [5.74, 6) is 0.444. The third-order valence-corrected chi connectivity index (χ3v) is 10.1. The summed E-state index contributed by atoms with van der Waals surface area (Å²) in [4.78, 5) is 11.8. The Labute approximate surface area is 146 Å². The minimum atomic E-state index is -2.48. The molecule has 1 saturated carbocycles. The molecule has 0 amide bonds. The molecule has 0 unspecified atom stereocenters. The van der Waals surface area contributed by atoms with E-state index in [1.54, 1.807) is 0 Å². The van der Waals surface area contributed by atoms with Crippen LogP contribution in [0.1, 0.15) is 33.6 Å². The highest BCUT2D eigenvalue weighted by Crippen LogP contribution is 2.37. The maximum Gasteiger partial charge on any atom is 0.261 e. The van der Waals surface area contributed by atoms with E-state index in [-0.39, 0.29) is 11.0 Å². The van der Waals surface area contributed by atoms with Crippen molar-refractivity contribution in [3.63, 3.8) is 0 Å². The van der Waals surface area contributed by atoms with Gasteiger partial charge < -0.3 is 4.43 Å². The van der Waals surface area contributed by atoms with Gasteiger partial charge in [-0.15, -0.1) is 0 Å². The van der Waals surface area contributed by atoms with Crippen LogP contribution in [-0.4, -0.2) is 20.7 Å². The SMILES string of the molecule is CC(C)(C)[Si](OC[C@H]1CCC1=O)(c1ccccc1)c1ccccc1. The molecule has 0 aliphatic heterocycles. The van der Waals surface area contributed by atoms with Gasteiger partial charge in [0.1, 0.15) is 5.78 Å². The average molecular weight is 339 g/mol. The van der Waals surface area contributed by atoms with Gasteiger partial charge in [0.15, 0.2) is 0 Å². The van der Waals surface area contributed by atoms with Crippen LogP contribution in [0.5, 0.6) is 0 Å². The molecule has 2 aromatic rings. The normalized spacial score (nSPS) is 18.3. The lowest BCUT2D eigenvalue weighted by Gasteiger charge is -2.44. The molecule has 126 valence electrons. The van der Waals surface area contributed by atoms with Gasteiger partial charge in [0.05, 0.1) is 0 Å². The number of carbonyl (C=O) groups excluding carboxylic acids is 1. The molecule has 0 heterocycles. The van der Waals surface area contributed by atoms with Crippen LogP contribution in [0, 0.1) is 5.92 Å². The second kappa shape index (κ2) is 6.65. The maximum atomic E-state index is 11.8. The van der Waals surface area contributed by atoms with Crippen molar-refractivity contribution in [1.29, 1.82) is 0 Å². The predicted molar refractivity (Wildman–Crippen MR) is 101 cm³/mol. The van der Waals surface area contributed by atoms with Gasteiger partial charge in [-0.3, -0.25) is 4.79 Å².